The van der Waals surface area contributed by atoms with Crippen LogP contribution in [0.4, 0.5) is 34.1 Å². The average molecular weight is 807 g/mol. The fraction of sp³-hybridized carbons (Fsp3) is 0.0492. The number of anilines is 6. The first-order valence-electron chi connectivity index (χ1n) is 21.8. The summed E-state index contributed by atoms with van der Waals surface area (Å²) in [6, 6.07) is 88.2. The van der Waals surface area contributed by atoms with Crippen molar-refractivity contribution in [3.05, 3.63) is 254 Å². The lowest BCUT2D eigenvalue weighted by atomic mass is 9.82. The Balaban J connectivity index is 0.995. The van der Waals surface area contributed by atoms with E-state index in [1.165, 1.54) is 66.4 Å². The molecule has 0 N–H and O–H groups in total. The van der Waals surface area contributed by atoms with Crippen LogP contribution >= 0.6 is 0 Å². The molecule has 0 saturated carbocycles. The molecule has 2 nitrogen and oxygen atoms in total. The van der Waals surface area contributed by atoms with Crippen molar-refractivity contribution in [3.8, 4) is 44.5 Å². The van der Waals surface area contributed by atoms with E-state index in [-0.39, 0.29) is 5.41 Å². The summed E-state index contributed by atoms with van der Waals surface area (Å²) in [5.74, 6) is 0. The molecule has 10 aromatic rings. The second kappa shape index (κ2) is 15.8. The van der Waals surface area contributed by atoms with Gasteiger partial charge >= 0.3 is 0 Å². The third kappa shape index (κ3) is 6.87. The summed E-state index contributed by atoms with van der Waals surface area (Å²) in [5, 5.41) is 2.41. The van der Waals surface area contributed by atoms with Crippen molar-refractivity contribution in [1.82, 2.24) is 0 Å². The highest BCUT2D eigenvalue weighted by atomic mass is 15.1. The molecule has 11 rings (SSSR count). The molecule has 0 amide bonds. The number of fused-ring (bicyclic) bond motifs is 4. The van der Waals surface area contributed by atoms with Crippen LogP contribution in [0.25, 0.3) is 55.3 Å². The molecule has 0 fully saturated rings. The molecule has 1 aliphatic rings. The van der Waals surface area contributed by atoms with Crippen molar-refractivity contribution in [2.75, 3.05) is 9.80 Å². The third-order valence-electron chi connectivity index (χ3n) is 12.9. The average Bonchev–Trinajstić information content (AvgIpc) is 3.58. The molecule has 0 aliphatic heterocycles. The zero-order valence-electron chi connectivity index (χ0n) is 35.5. The van der Waals surface area contributed by atoms with Gasteiger partial charge in [0.05, 0.1) is 5.69 Å². The predicted octanol–water partition coefficient (Wildman–Crippen LogP) is 17.1. The Labute approximate surface area is 370 Å². The van der Waals surface area contributed by atoms with Crippen LogP contribution in [-0.2, 0) is 5.41 Å². The second-order valence-corrected chi connectivity index (χ2v) is 17.0. The van der Waals surface area contributed by atoms with Gasteiger partial charge in [-0.05, 0) is 128 Å². The SMILES string of the molecule is CC1(C)c2ccccc2-c2ccc(N(c3ccccc3)c3ccc(-c4ccc(N(c5ccc(-c6ccccc6)cc5)c5cccc(-c6ccccc6)c5)cc4)c4ccccc34)cc21. The Morgan fingerprint density at radius 3 is 1.43 bits per heavy atom. The minimum atomic E-state index is -0.103. The highest BCUT2D eigenvalue weighted by Gasteiger charge is 2.36. The lowest BCUT2D eigenvalue weighted by molar-refractivity contribution is 0.660. The molecule has 0 aromatic heterocycles. The first kappa shape index (κ1) is 38.0. The summed E-state index contributed by atoms with van der Waals surface area (Å²) in [6.45, 7) is 4.71. The molecular weight excluding hydrogens is 761 g/mol. The number of para-hydroxylation sites is 1. The minimum absolute atomic E-state index is 0.103. The molecule has 10 aromatic carbocycles. The van der Waals surface area contributed by atoms with Crippen LogP contribution in [0.5, 0.6) is 0 Å². The second-order valence-electron chi connectivity index (χ2n) is 17.0. The van der Waals surface area contributed by atoms with Crippen LogP contribution in [0, 0.1) is 0 Å². The number of hydrogen-bond acceptors (Lipinski definition) is 2. The lowest BCUT2D eigenvalue weighted by Crippen LogP contribution is -2.16. The molecule has 0 bridgehead atoms. The Hall–Kier alpha value is -7.94. The molecule has 0 spiro atoms. The number of rotatable bonds is 9. The highest BCUT2D eigenvalue weighted by Crippen LogP contribution is 2.51. The maximum atomic E-state index is 2.43. The van der Waals surface area contributed by atoms with E-state index in [0.717, 1.165) is 34.1 Å². The van der Waals surface area contributed by atoms with Crippen LogP contribution in [-0.4, -0.2) is 0 Å². The normalized spacial score (nSPS) is 12.4. The number of hydrogen-bond donors (Lipinski definition) is 0. The largest absolute Gasteiger partial charge is 0.310 e. The van der Waals surface area contributed by atoms with E-state index in [9.17, 15) is 0 Å². The van der Waals surface area contributed by atoms with Crippen LogP contribution in [0.1, 0.15) is 25.0 Å². The molecule has 0 radical (unpaired) electrons. The predicted molar refractivity (Wildman–Crippen MR) is 267 cm³/mol. The van der Waals surface area contributed by atoms with Crippen LogP contribution in [0.2, 0.25) is 0 Å². The van der Waals surface area contributed by atoms with Gasteiger partial charge in [0.2, 0.25) is 0 Å². The molecule has 0 unspecified atom stereocenters. The Kier molecular flexibility index (Phi) is 9.55. The molecule has 63 heavy (non-hydrogen) atoms. The Morgan fingerprint density at radius 2 is 0.730 bits per heavy atom. The quantitative estimate of drug-likeness (QED) is 0.143. The van der Waals surface area contributed by atoms with Crippen molar-refractivity contribution in [2.24, 2.45) is 0 Å². The van der Waals surface area contributed by atoms with E-state index in [0.29, 0.717) is 0 Å². The van der Waals surface area contributed by atoms with E-state index < -0.39 is 0 Å². The Bertz CT molecular complexity index is 3230. The molecule has 0 atom stereocenters. The zero-order chi connectivity index (χ0) is 42.3. The van der Waals surface area contributed by atoms with Crippen molar-refractivity contribution in [3.63, 3.8) is 0 Å². The summed E-state index contributed by atoms with van der Waals surface area (Å²) >= 11 is 0. The van der Waals surface area contributed by atoms with Crippen LogP contribution in [0.3, 0.4) is 0 Å². The molecule has 2 heteroatoms. The van der Waals surface area contributed by atoms with Gasteiger partial charge in [-0.15, -0.1) is 0 Å². The van der Waals surface area contributed by atoms with Crippen molar-refractivity contribution < 1.29 is 0 Å². The van der Waals surface area contributed by atoms with Crippen molar-refractivity contribution in [1.29, 1.82) is 0 Å². The van der Waals surface area contributed by atoms with Gasteiger partial charge in [-0.1, -0.05) is 190 Å². The van der Waals surface area contributed by atoms with Gasteiger partial charge in [0.1, 0.15) is 0 Å². The Morgan fingerprint density at radius 1 is 0.270 bits per heavy atom. The van der Waals surface area contributed by atoms with Gasteiger partial charge in [-0.2, -0.15) is 0 Å². The van der Waals surface area contributed by atoms with Gasteiger partial charge in [-0.3, -0.25) is 0 Å². The molecule has 0 saturated heterocycles. The van der Waals surface area contributed by atoms with E-state index in [1.807, 2.05) is 0 Å². The molecule has 1 aliphatic carbocycles. The molecule has 300 valence electrons. The van der Waals surface area contributed by atoms with Gasteiger partial charge in [0, 0.05) is 39.2 Å². The summed E-state index contributed by atoms with van der Waals surface area (Å²) in [6.07, 6.45) is 0. The summed E-state index contributed by atoms with van der Waals surface area (Å²) in [7, 11) is 0. The summed E-state index contributed by atoms with van der Waals surface area (Å²) in [5.41, 5.74) is 19.2. The minimum Gasteiger partial charge on any atom is -0.310 e. The van der Waals surface area contributed by atoms with Crippen LogP contribution < -0.4 is 9.80 Å². The summed E-state index contributed by atoms with van der Waals surface area (Å²) < 4.78 is 0. The van der Waals surface area contributed by atoms with E-state index >= 15 is 0 Å². The highest BCUT2D eigenvalue weighted by molar-refractivity contribution is 6.06. The monoisotopic (exact) mass is 806 g/mol. The van der Waals surface area contributed by atoms with Crippen molar-refractivity contribution >= 4 is 44.9 Å². The number of benzene rings is 10. The van der Waals surface area contributed by atoms with Gasteiger partial charge < -0.3 is 9.80 Å². The zero-order valence-corrected chi connectivity index (χ0v) is 35.5. The lowest BCUT2D eigenvalue weighted by Gasteiger charge is -2.29. The van der Waals surface area contributed by atoms with Gasteiger partial charge in [0.25, 0.3) is 0 Å². The fourth-order valence-corrected chi connectivity index (χ4v) is 9.69. The van der Waals surface area contributed by atoms with Gasteiger partial charge in [0.15, 0.2) is 0 Å². The number of nitrogens with zero attached hydrogens (tertiary/aromatic N) is 2. The molecule has 0 heterocycles. The van der Waals surface area contributed by atoms with Crippen LogP contribution in [0.15, 0.2) is 243 Å². The topological polar surface area (TPSA) is 6.48 Å². The summed E-state index contributed by atoms with van der Waals surface area (Å²) in [4.78, 5) is 4.79. The van der Waals surface area contributed by atoms with Gasteiger partial charge in [-0.25, -0.2) is 0 Å². The van der Waals surface area contributed by atoms with Crippen molar-refractivity contribution in [2.45, 2.75) is 19.3 Å². The maximum absolute atomic E-state index is 2.43. The first-order valence-corrected chi connectivity index (χ1v) is 21.8. The molecular formula is C61H46N2. The first-order chi connectivity index (χ1) is 31.0. The standard InChI is InChI=1S/C61H46N2/c1-61(2)58-28-15-14-26-55(58)56-38-37-52(42-59(56)61)63(48-22-10-5-11-23-48)60-40-39-53(54-25-12-13-27-57(54)60)46-31-35-50(36-32-46)62(49-33-29-45(30-34-49)43-17-6-3-7-18-43)51-24-16-21-47(41-51)44-19-8-4-9-20-44/h3-42H,1-2H3. The third-order valence-corrected chi connectivity index (χ3v) is 12.9. The van der Waals surface area contributed by atoms with E-state index in [2.05, 4.69) is 266 Å². The van der Waals surface area contributed by atoms with E-state index in [1.54, 1.807) is 0 Å². The fourth-order valence-electron chi connectivity index (χ4n) is 9.69. The smallest absolute Gasteiger partial charge is 0.0540 e. The maximum Gasteiger partial charge on any atom is 0.0540 e. The van der Waals surface area contributed by atoms with E-state index in [4.69, 9.17) is 0 Å².